The fourth-order valence-corrected chi connectivity index (χ4v) is 3.18. The number of nitrogens with zero attached hydrogens (tertiary/aromatic N) is 3. The highest BCUT2D eigenvalue weighted by atomic mass is 32.2. The number of benzene rings is 2. The van der Waals surface area contributed by atoms with E-state index >= 15 is 0 Å². The average molecular weight is 356 g/mol. The van der Waals surface area contributed by atoms with Gasteiger partial charge in [-0.25, -0.2) is 9.97 Å². The molecular weight excluding hydrogens is 336 g/mol. The van der Waals surface area contributed by atoms with E-state index in [1.54, 1.807) is 7.11 Å². The summed E-state index contributed by atoms with van der Waals surface area (Å²) >= 11 is -0.972. The van der Waals surface area contributed by atoms with Crippen molar-refractivity contribution >= 4 is 22.8 Å². The molecule has 3 rings (SSSR count). The highest BCUT2D eigenvalue weighted by Crippen LogP contribution is 2.27. The normalized spacial score (nSPS) is 12.5. The highest BCUT2D eigenvalue weighted by Gasteiger charge is 2.09. The third-order valence-electron chi connectivity index (χ3n) is 3.51. The predicted molar refractivity (Wildman–Crippen MR) is 103 cm³/mol. The number of ether oxygens (including phenoxy) is 1. The summed E-state index contributed by atoms with van der Waals surface area (Å²) in [4.78, 5) is 12.9. The largest absolute Gasteiger partial charge is 0.496 e. The summed E-state index contributed by atoms with van der Waals surface area (Å²) in [6, 6.07) is 15.4. The second-order valence-electron chi connectivity index (χ2n) is 5.47. The van der Waals surface area contributed by atoms with E-state index in [4.69, 9.17) is 4.74 Å². The van der Waals surface area contributed by atoms with E-state index in [1.165, 1.54) is 6.33 Å². The molecule has 1 unspecified atom stereocenters. The number of methoxy groups -OCH3 is 1. The van der Waals surface area contributed by atoms with Crippen molar-refractivity contribution in [3.05, 3.63) is 60.4 Å². The molecule has 0 spiro atoms. The Morgan fingerprint density at radius 1 is 1.12 bits per heavy atom. The molecule has 1 heterocycles. The fourth-order valence-electron chi connectivity index (χ4n) is 2.46. The number of hydrogen-bond donors (Lipinski definition) is 3. The van der Waals surface area contributed by atoms with Crippen molar-refractivity contribution in [2.75, 3.05) is 18.7 Å². The standard InChI is InChI=1S/C18H20N4O2S/c1-24-16-9-4-3-8-15(16)17-19-12-20-18(22-17)21-14-7-5-6-13(10-14)11-25(2)23/h3-10,12,23,25H,11H2,1-2H3,(H,19,20,21,22). The van der Waals surface area contributed by atoms with Gasteiger partial charge in [0.1, 0.15) is 12.1 Å². The summed E-state index contributed by atoms with van der Waals surface area (Å²) in [6.45, 7) is 0. The lowest BCUT2D eigenvalue weighted by molar-refractivity contribution is 0.416. The van der Waals surface area contributed by atoms with Crippen molar-refractivity contribution in [1.82, 2.24) is 15.0 Å². The summed E-state index contributed by atoms with van der Waals surface area (Å²) in [5.74, 6) is 2.37. The molecule has 0 aliphatic rings. The lowest BCUT2D eigenvalue weighted by Gasteiger charge is -2.11. The molecule has 7 heteroatoms. The second-order valence-corrected chi connectivity index (χ2v) is 7.11. The predicted octanol–water partition coefficient (Wildman–Crippen LogP) is 3.89. The number of nitrogens with one attached hydrogen (secondary N) is 1. The summed E-state index contributed by atoms with van der Waals surface area (Å²) in [6.07, 6.45) is 3.31. The van der Waals surface area contributed by atoms with Gasteiger partial charge in [-0.3, -0.25) is 0 Å². The molecule has 0 aliphatic carbocycles. The van der Waals surface area contributed by atoms with Crippen LogP contribution in [0.3, 0.4) is 0 Å². The summed E-state index contributed by atoms with van der Waals surface area (Å²) in [5, 5.41) is 3.19. The van der Waals surface area contributed by atoms with E-state index in [0.717, 1.165) is 16.8 Å². The van der Waals surface area contributed by atoms with Crippen LogP contribution in [-0.2, 0) is 5.75 Å². The van der Waals surface area contributed by atoms with E-state index in [0.29, 0.717) is 23.3 Å². The van der Waals surface area contributed by atoms with Crippen LogP contribution < -0.4 is 10.1 Å². The molecule has 0 saturated carbocycles. The number of rotatable bonds is 6. The van der Waals surface area contributed by atoms with E-state index in [9.17, 15) is 4.55 Å². The Hall–Kier alpha value is -2.64. The Morgan fingerprint density at radius 2 is 1.96 bits per heavy atom. The summed E-state index contributed by atoms with van der Waals surface area (Å²) in [5.41, 5.74) is 2.74. The lowest BCUT2D eigenvalue weighted by Crippen LogP contribution is -2.01. The van der Waals surface area contributed by atoms with Gasteiger partial charge in [-0.1, -0.05) is 24.3 Å². The van der Waals surface area contributed by atoms with E-state index in [2.05, 4.69) is 20.3 Å². The van der Waals surface area contributed by atoms with Crippen molar-refractivity contribution in [3.63, 3.8) is 0 Å². The minimum Gasteiger partial charge on any atom is -0.496 e. The molecule has 1 atom stereocenters. The molecule has 6 nitrogen and oxygen atoms in total. The molecule has 2 N–H and O–H groups in total. The van der Waals surface area contributed by atoms with Crippen LogP contribution in [0.15, 0.2) is 54.9 Å². The van der Waals surface area contributed by atoms with Gasteiger partial charge in [-0.2, -0.15) is 4.98 Å². The van der Waals surface area contributed by atoms with Crippen molar-refractivity contribution < 1.29 is 9.29 Å². The zero-order chi connectivity index (χ0) is 17.6. The fraction of sp³-hybridized carbons (Fsp3) is 0.167. The first-order valence-corrected chi connectivity index (χ1v) is 9.67. The molecular formula is C18H20N4O2S. The minimum atomic E-state index is -0.972. The zero-order valence-corrected chi connectivity index (χ0v) is 14.9. The molecule has 0 aliphatic heterocycles. The molecule has 0 amide bonds. The SMILES string of the molecule is COc1ccccc1-c1ncnc(Nc2cccc(C[SH](C)O)c2)n1. The molecule has 0 fully saturated rings. The number of hydrogen-bond acceptors (Lipinski definition) is 6. The van der Waals surface area contributed by atoms with Crippen molar-refractivity contribution in [3.8, 4) is 17.1 Å². The first-order chi connectivity index (χ1) is 12.2. The van der Waals surface area contributed by atoms with E-state index < -0.39 is 11.2 Å². The van der Waals surface area contributed by atoms with Gasteiger partial charge < -0.3 is 14.6 Å². The van der Waals surface area contributed by atoms with Gasteiger partial charge in [0.25, 0.3) is 0 Å². The number of aromatic nitrogens is 3. The third kappa shape index (κ3) is 4.46. The molecule has 3 aromatic rings. The van der Waals surface area contributed by atoms with Crippen LogP contribution in [0.5, 0.6) is 5.75 Å². The summed E-state index contributed by atoms with van der Waals surface area (Å²) in [7, 11) is 1.62. The third-order valence-corrected chi connectivity index (χ3v) is 4.34. The quantitative estimate of drug-likeness (QED) is 0.581. The highest BCUT2D eigenvalue weighted by molar-refractivity contribution is 8.10. The molecule has 0 radical (unpaired) electrons. The number of thiol groups is 1. The Kier molecular flexibility index (Phi) is 5.47. The van der Waals surface area contributed by atoms with E-state index in [-0.39, 0.29) is 0 Å². The molecule has 1 aromatic heterocycles. The van der Waals surface area contributed by atoms with Gasteiger partial charge >= 0.3 is 0 Å². The van der Waals surface area contributed by atoms with Crippen LogP contribution in [0.25, 0.3) is 11.4 Å². The Morgan fingerprint density at radius 3 is 2.76 bits per heavy atom. The first-order valence-electron chi connectivity index (χ1n) is 7.74. The molecule has 0 saturated heterocycles. The molecule has 25 heavy (non-hydrogen) atoms. The van der Waals surface area contributed by atoms with Crippen molar-refractivity contribution in [2.24, 2.45) is 0 Å². The molecule has 2 aromatic carbocycles. The smallest absolute Gasteiger partial charge is 0.230 e. The van der Waals surface area contributed by atoms with E-state index in [1.807, 2.05) is 54.8 Å². The van der Waals surface area contributed by atoms with Crippen LogP contribution in [0.1, 0.15) is 5.56 Å². The van der Waals surface area contributed by atoms with Gasteiger partial charge in [-0.05, 0) is 36.1 Å². The van der Waals surface area contributed by atoms with Crippen LogP contribution in [-0.4, -0.2) is 32.9 Å². The Labute approximate surface area is 149 Å². The maximum absolute atomic E-state index is 9.60. The Bertz CT molecular complexity index is 858. The van der Waals surface area contributed by atoms with Gasteiger partial charge in [0.05, 0.1) is 12.7 Å². The first kappa shape index (κ1) is 17.2. The van der Waals surface area contributed by atoms with Gasteiger partial charge in [0, 0.05) is 11.4 Å². The van der Waals surface area contributed by atoms with Gasteiger partial charge in [0.2, 0.25) is 5.95 Å². The van der Waals surface area contributed by atoms with Crippen LogP contribution in [0.4, 0.5) is 11.6 Å². The second kappa shape index (κ2) is 7.96. The van der Waals surface area contributed by atoms with Gasteiger partial charge in [0.15, 0.2) is 5.82 Å². The topological polar surface area (TPSA) is 80.2 Å². The molecule has 130 valence electrons. The maximum Gasteiger partial charge on any atom is 0.230 e. The lowest BCUT2D eigenvalue weighted by atomic mass is 10.2. The van der Waals surface area contributed by atoms with Crippen LogP contribution >= 0.6 is 11.2 Å². The Balaban J connectivity index is 1.85. The molecule has 0 bridgehead atoms. The monoisotopic (exact) mass is 356 g/mol. The minimum absolute atomic E-state index is 0.454. The maximum atomic E-state index is 9.60. The number of para-hydroxylation sites is 1. The van der Waals surface area contributed by atoms with Crippen molar-refractivity contribution in [1.29, 1.82) is 0 Å². The zero-order valence-electron chi connectivity index (χ0n) is 14.0. The van der Waals surface area contributed by atoms with Crippen molar-refractivity contribution in [2.45, 2.75) is 5.75 Å². The summed E-state index contributed by atoms with van der Waals surface area (Å²) < 4.78 is 15.0. The van der Waals surface area contributed by atoms with Crippen LogP contribution in [0.2, 0.25) is 0 Å². The number of anilines is 2. The van der Waals surface area contributed by atoms with Gasteiger partial charge in [-0.15, -0.1) is 11.2 Å². The average Bonchev–Trinajstić information content (AvgIpc) is 2.61. The van der Waals surface area contributed by atoms with Crippen LogP contribution in [0, 0.1) is 0 Å².